The first kappa shape index (κ1) is 13.1. The van der Waals surface area contributed by atoms with Gasteiger partial charge in [0.15, 0.2) is 0 Å². The van der Waals surface area contributed by atoms with Gasteiger partial charge in [0.2, 0.25) is 0 Å². The van der Waals surface area contributed by atoms with Gasteiger partial charge >= 0.3 is 0 Å². The third-order valence-electron chi connectivity index (χ3n) is 1.97. The molecular formula is C12H22N2. The predicted molar refractivity (Wildman–Crippen MR) is 62.2 cm³/mol. The van der Waals surface area contributed by atoms with Crippen LogP contribution >= 0.6 is 0 Å². The molecule has 1 rings (SSSR count). The summed E-state index contributed by atoms with van der Waals surface area (Å²) in [4.78, 5) is 4.22. The fraction of sp³-hybridized carbons (Fsp3) is 0.583. The zero-order valence-electron chi connectivity index (χ0n) is 9.75. The minimum Gasteiger partial charge on any atom is -0.309 e. The Balaban J connectivity index is 0.000000791. The number of nitrogens with zero attached hydrogens (tertiary/aromatic N) is 1. The average Bonchev–Trinajstić information content (AvgIpc) is 2.30. The van der Waals surface area contributed by atoms with Gasteiger partial charge in [0.05, 0.1) is 5.69 Å². The Bertz CT molecular complexity index is 209. The van der Waals surface area contributed by atoms with Crippen molar-refractivity contribution in [3.8, 4) is 0 Å². The molecule has 0 aliphatic carbocycles. The van der Waals surface area contributed by atoms with Crippen molar-refractivity contribution in [2.45, 2.75) is 46.7 Å². The number of aromatic nitrogens is 1. The van der Waals surface area contributed by atoms with Gasteiger partial charge in [0.1, 0.15) is 0 Å². The molecule has 1 unspecified atom stereocenters. The summed E-state index contributed by atoms with van der Waals surface area (Å²) in [5, 5.41) is 3.39. The zero-order valence-corrected chi connectivity index (χ0v) is 9.75. The average molecular weight is 194 g/mol. The van der Waals surface area contributed by atoms with Crippen LogP contribution in [0.1, 0.15) is 39.8 Å². The molecule has 0 aliphatic heterocycles. The second-order valence-corrected chi connectivity index (χ2v) is 3.01. The van der Waals surface area contributed by atoms with Crippen LogP contribution in [0.5, 0.6) is 0 Å². The fourth-order valence-electron chi connectivity index (χ4n) is 0.926. The Hall–Kier alpha value is -0.890. The topological polar surface area (TPSA) is 24.9 Å². The molecule has 1 atom stereocenters. The monoisotopic (exact) mass is 194 g/mol. The summed E-state index contributed by atoms with van der Waals surface area (Å²) in [6.07, 6.45) is 2.99. The van der Waals surface area contributed by atoms with Gasteiger partial charge in [-0.3, -0.25) is 4.98 Å². The third-order valence-corrected chi connectivity index (χ3v) is 1.97. The van der Waals surface area contributed by atoms with E-state index in [9.17, 15) is 0 Å². The van der Waals surface area contributed by atoms with E-state index in [0.29, 0.717) is 6.04 Å². The van der Waals surface area contributed by atoms with Gasteiger partial charge in [-0.15, -0.1) is 0 Å². The van der Waals surface area contributed by atoms with Gasteiger partial charge in [-0.05, 0) is 25.5 Å². The highest BCUT2D eigenvalue weighted by molar-refractivity contribution is 5.02. The van der Waals surface area contributed by atoms with E-state index in [1.54, 1.807) is 0 Å². The summed E-state index contributed by atoms with van der Waals surface area (Å²) in [5.41, 5.74) is 1.11. The van der Waals surface area contributed by atoms with Crippen molar-refractivity contribution >= 4 is 0 Å². The molecule has 0 aromatic carbocycles. The molecule has 1 N–H and O–H groups in total. The molecule has 0 saturated heterocycles. The lowest BCUT2D eigenvalue weighted by Gasteiger charge is -2.09. The molecule has 0 spiro atoms. The van der Waals surface area contributed by atoms with Crippen molar-refractivity contribution < 1.29 is 0 Å². The van der Waals surface area contributed by atoms with Crippen molar-refractivity contribution in [2.75, 3.05) is 0 Å². The first-order chi connectivity index (χ1) is 6.83. The Labute approximate surface area is 87.8 Å². The Morgan fingerprint density at radius 2 is 2.07 bits per heavy atom. The van der Waals surface area contributed by atoms with E-state index in [1.807, 2.05) is 38.2 Å². The first-order valence-electron chi connectivity index (χ1n) is 5.46. The summed E-state index contributed by atoms with van der Waals surface area (Å²) in [6.45, 7) is 9.23. The maximum Gasteiger partial charge on any atom is 0.0541 e. The largest absolute Gasteiger partial charge is 0.309 e. The van der Waals surface area contributed by atoms with E-state index in [2.05, 4.69) is 24.1 Å². The van der Waals surface area contributed by atoms with Gasteiger partial charge < -0.3 is 5.32 Å². The van der Waals surface area contributed by atoms with Crippen LogP contribution in [0.25, 0.3) is 0 Å². The van der Waals surface area contributed by atoms with Gasteiger partial charge in [-0.1, -0.05) is 26.8 Å². The third kappa shape index (κ3) is 5.70. The molecule has 0 radical (unpaired) electrons. The molecule has 2 nitrogen and oxygen atoms in total. The summed E-state index contributed by atoms with van der Waals surface area (Å²) in [5.74, 6) is 0. The molecule has 0 bridgehead atoms. The van der Waals surface area contributed by atoms with Crippen LogP contribution in [0.15, 0.2) is 24.4 Å². The summed E-state index contributed by atoms with van der Waals surface area (Å²) < 4.78 is 0. The fourth-order valence-corrected chi connectivity index (χ4v) is 0.926. The van der Waals surface area contributed by atoms with Gasteiger partial charge in [0.25, 0.3) is 0 Å². The van der Waals surface area contributed by atoms with Crippen molar-refractivity contribution in [1.29, 1.82) is 0 Å². The molecule has 2 heteroatoms. The molecular weight excluding hydrogens is 172 g/mol. The molecule has 80 valence electrons. The van der Waals surface area contributed by atoms with Gasteiger partial charge in [-0.2, -0.15) is 0 Å². The Morgan fingerprint density at radius 3 is 2.57 bits per heavy atom. The van der Waals surface area contributed by atoms with E-state index in [0.717, 1.165) is 18.7 Å². The summed E-state index contributed by atoms with van der Waals surface area (Å²) in [7, 11) is 0. The normalized spacial score (nSPS) is 11.4. The molecule has 0 aliphatic rings. The number of hydrogen-bond acceptors (Lipinski definition) is 2. The maximum atomic E-state index is 4.22. The molecule has 0 fully saturated rings. The van der Waals surface area contributed by atoms with E-state index >= 15 is 0 Å². The van der Waals surface area contributed by atoms with E-state index in [4.69, 9.17) is 0 Å². The van der Waals surface area contributed by atoms with Crippen molar-refractivity contribution in [3.05, 3.63) is 30.1 Å². The lowest BCUT2D eigenvalue weighted by atomic mass is 10.2. The lowest BCUT2D eigenvalue weighted by Crippen LogP contribution is -2.24. The van der Waals surface area contributed by atoms with E-state index in [-0.39, 0.29) is 0 Å². The van der Waals surface area contributed by atoms with Crippen LogP contribution < -0.4 is 5.32 Å². The number of rotatable bonds is 4. The first-order valence-corrected chi connectivity index (χ1v) is 5.46. The minimum atomic E-state index is 0.576. The van der Waals surface area contributed by atoms with Gasteiger partial charge in [0, 0.05) is 18.8 Å². The molecule has 0 amide bonds. The smallest absolute Gasteiger partial charge is 0.0541 e. The van der Waals surface area contributed by atoms with Crippen molar-refractivity contribution in [3.63, 3.8) is 0 Å². The maximum absolute atomic E-state index is 4.22. The van der Waals surface area contributed by atoms with E-state index in [1.165, 1.54) is 0 Å². The zero-order chi connectivity index (χ0) is 10.8. The number of hydrogen-bond donors (Lipinski definition) is 1. The Morgan fingerprint density at radius 1 is 1.36 bits per heavy atom. The SMILES string of the molecule is CC.CCC(C)NCc1ccccn1. The number of nitrogens with one attached hydrogen (secondary N) is 1. The van der Waals surface area contributed by atoms with Crippen LogP contribution in [0.2, 0.25) is 0 Å². The van der Waals surface area contributed by atoms with Crippen LogP contribution in [-0.4, -0.2) is 11.0 Å². The minimum absolute atomic E-state index is 0.576. The predicted octanol–water partition coefficient (Wildman–Crippen LogP) is 3.00. The standard InChI is InChI=1S/C10H16N2.C2H6/c1-3-9(2)12-8-10-6-4-5-7-11-10;1-2/h4-7,9,12H,3,8H2,1-2H3;1-2H3. The highest BCUT2D eigenvalue weighted by atomic mass is 14.9. The molecule has 1 aromatic rings. The highest BCUT2D eigenvalue weighted by Crippen LogP contribution is 1.94. The van der Waals surface area contributed by atoms with Crippen LogP contribution in [0.3, 0.4) is 0 Å². The summed E-state index contributed by atoms with van der Waals surface area (Å²) >= 11 is 0. The quantitative estimate of drug-likeness (QED) is 0.797. The molecule has 14 heavy (non-hydrogen) atoms. The Kier molecular flexibility index (Phi) is 8.14. The lowest BCUT2D eigenvalue weighted by molar-refractivity contribution is 0.529. The van der Waals surface area contributed by atoms with Crippen LogP contribution in [0.4, 0.5) is 0 Å². The number of pyridine rings is 1. The molecule has 1 heterocycles. The second kappa shape index (κ2) is 8.70. The van der Waals surface area contributed by atoms with Gasteiger partial charge in [-0.25, -0.2) is 0 Å². The van der Waals surface area contributed by atoms with E-state index < -0.39 is 0 Å². The van der Waals surface area contributed by atoms with Crippen LogP contribution in [0, 0.1) is 0 Å². The second-order valence-electron chi connectivity index (χ2n) is 3.01. The van der Waals surface area contributed by atoms with Crippen molar-refractivity contribution in [2.24, 2.45) is 0 Å². The van der Waals surface area contributed by atoms with Crippen molar-refractivity contribution in [1.82, 2.24) is 10.3 Å². The summed E-state index contributed by atoms with van der Waals surface area (Å²) in [6, 6.07) is 6.56. The highest BCUT2D eigenvalue weighted by Gasteiger charge is 1.97. The molecule has 0 saturated carbocycles. The van der Waals surface area contributed by atoms with Crippen LogP contribution in [-0.2, 0) is 6.54 Å². The molecule has 1 aromatic heterocycles.